The van der Waals surface area contributed by atoms with E-state index in [-0.39, 0.29) is 11.9 Å². The number of carbonyl (C=O) groups is 1. The fourth-order valence-electron chi connectivity index (χ4n) is 2.22. The average Bonchev–Trinajstić information content (AvgIpc) is 2.48. The van der Waals surface area contributed by atoms with E-state index in [1.807, 2.05) is 12.1 Å². The molecule has 0 fully saturated rings. The summed E-state index contributed by atoms with van der Waals surface area (Å²) in [6, 6.07) is 11.4. The zero-order chi connectivity index (χ0) is 13.1. The lowest BCUT2D eigenvalue weighted by Crippen LogP contribution is -2.44. The maximum Gasteiger partial charge on any atom is 0.243 e. The number of fused-ring (bicyclic) bond motifs is 1. The van der Waals surface area contributed by atoms with Crippen LogP contribution >= 0.6 is 0 Å². The Morgan fingerprint density at radius 1 is 1.21 bits per heavy atom. The highest BCUT2D eigenvalue weighted by Gasteiger charge is 2.23. The van der Waals surface area contributed by atoms with E-state index in [1.165, 1.54) is 11.1 Å². The third kappa shape index (κ3) is 2.61. The van der Waals surface area contributed by atoms with Crippen LogP contribution in [0.5, 0.6) is 0 Å². The molecule has 0 radical (unpaired) electrons. The van der Waals surface area contributed by atoms with Gasteiger partial charge in [-0.05, 0) is 29.7 Å². The number of anilines is 1. The van der Waals surface area contributed by atoms with Gasteiger partial charge in [0.1, 0.15) is 0 Å². The van der Waals surface area contributed by atoms with Gasteiger partial charge in [-0.15, -0.1) is 5.10 Å². The van der Waals surface area contributed by atoms with Crippen molar-refractivity contribution in [2.45, 2.75) is 19.0 Å². The molecule has 0 saturated carbocycles. The van der Waals surface area contributed by atoms with Crippen LogP contribution in [-0.4, -0.2) is 22.1 Å². The number of nitrogens with zero attached hydrogens (tertiary/aromatic N) is 2. The lowest BCUT2D eigenvalue weighted by atomic mass is 9.95. The zero-order valence-corrected chi connectivity index (χ0v) is 10.3. The standard InChI is InChI=1S/C14H14N4O/c19-14(17-13-6-3-7-16-18-13)12-8-10-4-1-2-5-11(10)9-15-12/h1-7,12,15H,8-9H2,(H,17,18,19). The summed E-state index contributed by atoms with van der Waals surface area (Å²) in [6.45, 7) is 0.717. The van der Waals surface area contributed by atoms with Crippen molar-refractivity contribution in [1.82, 2.24) is 15.5 Å². The summed E-state index contributed by atoms with van der Waals surface area (Å²) < 4.78 is 0. The predicted molar refractivity (Wildman–Crippen MR) is 71.4 cm³/mol. The number of nitrogens with one attached hydrogen (secondary N) is 2. The number of rotatable bonds is 2. The molecule has 3 rings (SSSR count). The molecule has 1 aromatic carbocycles. The molecule has 1 aromatic heterocycles. The molecule has 0 bridgehead atoms. The minimum Gasteiger partial charge on any atom is -0.308 e. The average molecular weight is 254 g/mol. The van der Waals surface area contributed by atoms with Crippen molar-refractivity contribution in [3.05, 3.63) is 53.7 Å². The Morgan fingerprint density at radius 3 is 2.84 bits per heavy atom. The second-order valence-electron chi connectivity index (χ2n) is 4.50. The van der Waals surface area contributed by atoms with Gasteiger partial charge in [0.2, 0.25) is 5.91 Å². The summed E-state index contributed by atoms with van der Waals surface area (Å²) in [5.74, 6) is 0.406. The molecule has 0 aliphatic carbocycles. The number of benzene rings is 1. The minimum absolute atomic E-state index is 0.0741. The van der Waals surface area contributed by atoms with Crippen LogP contribution < -0.4 is 10.6 Å². The van der Waals surface area contributed by atoms with Gasteiger partial charge in [-0.1, -0.05) is 24.3 Å². The van der Waals surface area contributed by atoms with E-state index < -0.39 is 0 Å². The summed E-state index contributed by atoms with van der Waals surface area (Å²) in [7, 11) is 0. The largest absolute Gasteiger partial charge is 0.308 e. The smallest absolute Gasteiger partial charge is 0.243 e. The fraction of sp³-hybridized carbons (Fsp3) is 0.214. The van der Waals surface area contributed by atoms with Crippen LogP contribution in [0.3, 0.4) is 0 Å². The first kappa shape index (κ1) is 11.8. The highest BCUT2D eigenvalue weighted by atomic mass is 16.2. The normalized spacial score (nSPS) is 17.6. The molecule has 1 atom stereocenters. The van der Waals surface area contributed by atoms with Gasteiger partial charge >= 0.3 is 0 Å². The van der Waals surface area contributed by atoms with Crippen molar-refractivity contribution in [3.8, 4) is 0 Å². The monoisotopic (exact) mass is 254 g/mol. The van der Waals surface area contributed by atoms with Gasteiger partial charge in [-0.2, -0.15) is 5.10 Å². The molecule has 1 aliphatic heterocycles. The number of carbonyl (C=O) groups excluding carboxylic acids is 1. The molecule has 1 unspecified atom stereocenters. The second kappa shape index (κ2) is 5.16. The molecule has 5 heteroatoms. The third-order valence-corrected chi connectivity index (χ3v) is 3.22. The van der Waals surface area contributed by atoms with E-state index in [0.29, 0.717) is 18.8 Å². The Labute approximate surface area is 111 Å². The molecule has 2 aromatic rings. The van der Waals surface area contributed by atoms with Gasteiger partial charge in [0, 0.05) is 12.7 Å². The van der Waals surface area contributed by atoms with E-state index in [4.69, 9.17) is 0 Å². The molecule has 96 valence electrons. The SMILES string of the molecule is O=C(Nc1cccnn1)C1Cc2ccccc2CN1. The van der Waals surface area contributed by atoms with Gasteiger partial charge in [-0.3, -0.25) is 4.79 Å². The summed E-state index contributed by atoms with van der Waals surface area (Å²) in [5.41, 5.74) is 2.48. The van der Waals surface area contributed by atoms with Crippen molar-refractivity contribution in [2.75, 3.05) is 5.32 Å². The Morgan fingerprint density at radius 2 is 2.05 bits per heavy atom. The van der Waals surface area contributed by atoms with Gasteiger partial charge in [0.05, 0.1) is 6.04 Å². The van der Waals surface area contributed by atoms with E-state index in [0.717, 1.165) is 0 Å². The van der Waals surface area contributed by atoms with Crippen LogP contribution in [0.4, 0.5) is 5.82 Å². The molecule has 0 saturated heterocycles. The number of hydrogen-bond acceptors (Lipinski definition) is 4. The van der Waals surface area contributed by atoms with Gasteiger partial charge in [-0.25, -0.2) is 0 Å². The zero-order valence-electron chi connectivity index (χ0n) is 10.3. The van der Waals surface area contributed by atoms with Crippen LogP contribution in [0, 0.1) is 0 Å². The minimum atomic E-state index is -0.225. The molecule has 19 heavy (non-hydrogen) atoms. The molecule has 1 amide bonds. The van der Waals surface area contributed by atoms with Gasteiger partial charge < -0.3 is 10.6 Å². The van der Waals surface area contributed by atoms with Crippen molar-refractivity contribution < 1.29 is 4.79 Å². The van der Waals surface area contributed by atoms with Crippen LogP contribution in [0.15, 0.2) is 42.6 Å². The van der Waals surface area contributed by atoms with E-state index in [1.54, 1.807) is 18.3 Å². The number of hydrogen-bond donors (Lipinski definition) is 2. The molecule has 2 heterocycles. The second-order valence-corrected chi connectivity index (χ2v) is 4.50. The lowest BCUT2D eigenvalue weighted by molar-refractivity contribution is -0.118. The van der Waals surface area contributed by atoms with E-state index in [2.05, 4.69) is 33.0 Å². The fourth-order valence-corrected chi connectivity index (χ4v) is 2.22. The maximum atomic E-state index is 12.1. The highest BCUT2D eigenvalue weighted by Crippen LogP contribution is 2.16. The predicted octanol–water partition coefficient (Wildman–Crippen LogP) is 1.13. The van der Waals surface area contributed by atoms with E-state index >= 15 is 0 Å². The van der Waals surface area contributed by atoms with Crippen molar-refractivity contribution in [3.63, 3.8) is 0 Å². The first-order valence-corrected chi connectivity index (χ1v) is 6.21. The maximum absolute atomic E-state index is 12.1. The Bertz CT molecular complexity index is 585. The van der Waals surface area contributed by atoms with Crippen LogP contribution in [-0.2, 0) is 17.8 Å². The van der Waals surface area contributed by atoms with Crippen LogP contribution in [0.1, 0.15) is 11.1 Å². The number of aromatic nitrogens is 2. The topological polar surface area (TPSA) is 66.9 Å². The van der Waals surface area contributed by atoms with Gasteiger partial charge in [0.15, 0.2) is 5.82 Å². The van der Waals surface area contributed by atoms with Gasteiger partial charge in [0.25, 0.3) is 0 Å². The van der Waals surface area contributed by atoms with Crippen molar-refractivity contribution in [1.29, 1.82) is 0 Å². The molecule has 5 nitrogen and oxygen atoms in total. The highest BCUT2D eigenvalue weighted by molar-refractivity contribution is 5.94. The van der Waals surface area contributed by atoms with Crippen LogP contribution in [0.2, 0.25) is 0 Å². The molecule has 0 spiro atoms. The quantitative estimate of drug-likeness (QED) is 0.843. The lowest BCUT2D eigenvalue weighted by Gasteiger charge is -2.25. The van der Waals surface area contributed by atoms with E-state index in [9.17, 15) is 4.79 Å². The number of amides is 1. The molecule has 2 N–H and O–H groups in total. The first-order valence-electron chi connectivity index (χ1n) is 6.21. The Hall–Kier alpha value is -2.27. The summed E-state index contributed by atoms with van der Waals surface area (Å²) in [4.78, 5) is 12.1. The molecule has 1 aliphatic rings. The summed E-state index contributed by atoms with van der Waals surface area (Å²) in [6.07, 6.45) is 2.27. The Balaban J connectivity index is 1.70. The Kier molecular flexibility index (Phi) is 3.20. The first-order chi connectivity index (χ1) is 9.33. The molecular formula is C14H14N4O. The molecular weight excluding hydrogens is 240 g/mol. The summed E-state index contributed by atoms with van der Waals surface area (Å²) in [5, 5.41) is 13.6. The summed E-state index contributed by atoms with van der Waals surface area (Å²) >= 11 is 0. The van der Waals surface area contributed by atoms with Crippen molar-refractivity contribution >= 4 is 11.7 Å². The van der Waals surface area contributed by atoms with Crippen molar-refractivity contribution in [2.24, 2.45) is 0 Å². The third-order valence-electron chi connectivity index (χ3n) is 3.22. The van der Waals surface area contributed by atoms with Crippen LogP contribution in [0.25, 0.3) is 0 Å².